The molecule has 1 saturated heterocycles. The molecule has 19 heavy (non-hydrogen) atoms. The monoisotopic (exact) mass is 270 g/mol. The molecule has 2 rings (SSSR count). The van der Waals surface area contributed by atoms with Gasteiger partial charge in [-0.25, -0.2) is 4.79 Å². The first-order chi connectivity index (χ1) is 9.04. The van der Waals surface area contributed by atoms with Crippen LogP contribution < -0.4 is 5.32 Å². The number of carboxylic acid groups (broad SMARTS) is 1. The summed E-state index contributed by atoms with van der Waals surface area (Å²) in [4.78, 5) is 24.6. The summed E-state index contributed by atoms with van der Waals surface area (Å²) in [5.74, 6) is -0.783. The molecule has 0 aromatic carbocycles. The van der Waals surface area contributed by atoms with Crippen molar-refractivity contribution in [3.05, 3.63) is 0 Å². The van der Waals surface area contributed by atoms with Crippen LogP contribution >= 0.6 is 0 Å². The van der Waals surface area contributed by atoms with Crippen molar-refractivity contribution in [3.63, 3.8) is 0 Å². The molecule has 1 aliphatic carbocycles. The molecule has 108 valence electrons. The van der Waals surface area contributed by atoms with Gasteiger partial charge in [-0.2, -0.15) is 0 Å². The zero-order valence-electron chi connectivity index (χ0n) is 11.4. The molecule has 2 fully saturated rings. The van der Waals surface area contributed by atoms with E-state index in [1.54, 1.807) is 12.0 Å². The van der Waals surface area contributed by atoms with Gasteiger partial charge in [-0.3, -0.25) is 4.79 Å². The van der Waals surface area contributed by atoms with Gasteiger partial charge in [0.2, 0.25) is 0 Å². The summed E-state index contributed by atoms with van der Waals surface area (Å²) in [6.07, 6.45) is 3.97. The van der Waals surface area contributed by atoms with E-state index in [-0.39, 0.29) is 24.0 Å². The zero-order chi connectivity index (χ0) is 13.9. The molecule has 0 aromatic rings. The van der Waals surface area contributed by atoms with Crippen molar-refractivity contribution in [1.82, 2.24) is 10.2 Å². The van der Waals surface area contributed by atoms with Gasteiger partial charge in [0.15, 0.2) is 0 Å². The van der Waals surface area contributed by atoms with E-state index < -0.39 is 5.97 Å². The first-order valence-electron chi connectivity index (χ1n) is 6.82. The van der Waals surface area contributed by atoms with Crippen molar-refractivity contribution in [2.75, 3.05) is 26.7 Å². The van der Waals surface area contributed by atoms with Gasteiger partial charge in [0, 0.05) is 26.7 Å². The number of carbonyl (C=O) groups is 2. The number of methoxy groups -OCH3 is 1. The molecule has 2 aliphatic rings. The quantitative estimate of drug-likeness (QED) is 0.783. The summed E-state index contributed by atoms with van der Waals surface area (Å²) in [6.45, 7) is 1.79. The lowest BCUT2D eigenvalue weighted by molar-refractivity contribution is -0.141. The predicted octanol–water partition coefficient (Wildman–Crippen LogP) is 1.06. The molecular weight excluding hydrogens is 248 g/mol. The Bertz CT molecular complexity index is 355. The van der Waals surface area contributed by atoms with Crippen LogP contribution in [0.4, 0.5) is 4.79 Å². The first kappa shape index (κ1) is 14.1. The number of carboxylic acids is 1. The SMILES string of the molecule is COC1CCN(C(=O)NCC2(CC(=O)O)CCC2)C1. The fourth-order valence-electron chi connectivity index (χ4n) is 2.89. The molecule has 6 heteroatoms. The number of rotatable bonds is 5. The van der Waals surface area contributed by atoms with Crippen molar-refractivity contribution in [1.29, 1.82) is 0 Å². The Morgan fingerprint density at radius 3 is 2.68 bits per heavy atom. The Morgan fingerprint density at radius 1 is 1.47 bits per heavy atom. The van der Waals surface area contributed by atoms with Crippen LogP contribution in [0, 0.1) is 5.41 Å². The third-order valence-corrected chi connectivity index (χ3v) is 4.32. The van der Waals surface area contributed by atoms with Gasteiger partial charge in [-0.1, -0.05) is 6.42 Å². The fourth-order valence-corrected chi connectivity index (χ4v) is 2.89. The molecule has 1 heterocycles. The summed E-state index contributed by atoms with van der Waals surface area (Å²) in [7, 11) is 1.66. The standard InChI is InChI=1S/C13H22N2O4/c1-19-10-3-6-15(8-10)12(18)14-9-13(4-2-5-13)7-11(16)17/h10H,2-9H2,1H3,(H,14,18)(H,16,17). The molecule has 1 atom stereocenters. The molecule has 0 radical (unpaired) electrons. The lowest BCUT2D eigenvalue weighted by atomic mass is 9.66. The maximum atomic E-state index is 12.0. The van der Waals surface area contributed by atoms with Crippen LogP contribution in [0.25, 0.3) is 0 Å². The normalized spacial score (nSPS) is 24.9. The first-order valence-corrected chi connectivity index (χ1v) is 6.82. The van der Waals surface area contributed by atoms with Gasteiger partial charge in [-0.05, 0) is 24.7 Å². The predicted molar refractivity (Wildman–Crippen MR) is 68.9 cm³/mol. The van der Waals surface area contributed by atoms with Crippen LogP contribution in [0.5, 0.6) is 0 Å². The number of urea groups is 1. The fraction of sp³-hybridized carbons (Fsp3) is 0.846. The number of hydrogen-bond donors (Lipinski definition) is 2. The molecule has 1 unspecified atom stereocenters. The van der Waals surface area contributed by atoms with Crippen LogP contribution in [0.2, 0.25) is 0 Å². The molecule has 2 N–H and O–H groups in total. The van der Waals surface area contributed by atoms with E-state index in [0.29, 0.717) is 19.6 Å². The minimum absolute atomic E-state index is 0.101. The van der Waals surface area contributed by atoms with Crippen molar-refractivity contribution >= 4 is 12.0 Å². The number of nitrogens with one attached hydrogen (secondary N) is 1. The third kappa shape index (κ3) is 3.37. The number of nitrogens with zero attached hydrogens (tertiary/aromatic N) is 1. The molecular formula is C13H22N2O4. The Balaban J connectivity index is 1.78. The second-order valence-corrected chi connectivity index (χ2v) is 5.68. The van der Waals surface area contributed by atoms with E-state index in [4.69, 9.17) is 9.84 Å². The lowest BCUT2D eigenvalue weighted by Crippen LogP contribution is -2.47. The highest BCUT2D eigenvalue weighted by atomic mass is 16.5. The maximum absolute atomic E-state index is 12.0. The smallest absolute Gasteiger partial charge is 0.317 e. The number of aliphatic carboxylic acids is 1. The average molecular weight is 270 g/mol. The minimum atomic E-state index is -0.783. The summed E-state index contributed by atoms with van der Waals surface area (Å²) in [5.41, 5.74) is -0.220. The number of amides is 2. The molecule has 1 aliphatic heterocycles. The van der Waals surface area contributed by atoms with E-state index >= 15 is 0 Å². The molecule has 2 amide bonds. The summed E-state index contributed by atoms with van der Waals surface area (Å²) < 4.78 is 5.22. The zero-order valence-corrected chi connectivity index (χ0v) is 11.4. The molecule has 6 nitrogen and oxygen atoms in total. The highest BCUT2D eigenvalue weighted by Crippen LogP contribution is 2.43. The van der Waals surface area contributed by atoms with Gasteiger partial charge in [0.25, 0.3) is 0 Å². The highest BCUT2D eigenvalue weighted by Gasteiger charge is 2.39. The average Bonchev–Trinajstić information content (AvgIpc) is 2.80. The van der Waals surface area contributed by atoms with E-state index in [1.165, 1.54) is 0 Å². The van der Waals surface area contributed by atoms with Gasteiger partial charge < -0.3 is 20.1 Å². The second kappa shape index (κ2) is 5.77. The van der Waals surface area contributed by atoms with Gasteiger partial charge >= 0.3 is 12.0 Å². The molecule has 0 bridgehead atoms. The third-order valence-electron chi connectivity index (χ3n) is 4.32. The van der Waals surface area contributed by atoms with Crippen LogP contribution in [0.1, 0.15) is 32.1 Å². The molecule has 0 spiro atoms. The number of carbonyl (C=O) groups excluding carboxylic acids is 1. The minimum Gasteiger partial charge on any atom is -0.481 e. The summed E-state index contributed by atoms with van der Waals surface area (Å²) in [6, 6.07) is -0.101. The Kier molecular flexibility index (Phi) is 4.29. The van der Waals surface area contributed by atoms with Crippen molar-refractivity contribution in [2.24, 2.45) is 5.41 Å². The molecule has 0 aromatic heterocycles. The van der Waals surface area contributed by atoms with Crippen LogP contribution in [-0.4, -0.2) is 54.9 Å². The van der Waals surface area contributed by atoms with Gasteiger partial charge in [0.1, 0.15) is 0 Å². The largest absolute Gasteiger partial charge is 0.481 e. The number of ether oxygens (including phenoxy) is 1. The lowest BCUT2D eigenvalue weighted by Gasteiger charge is -2.41. The van der Waals surface area contributed by atoms with Crippen molar-refractivity contribution in [2.45, 2.75) is 38.2 Å². The van der Waals surface area contributed by atoms with Crippen LogP contribution in [0.15, 0.2) is 0 Å². The second-order valence-electron chi connectivity index (χ2n) is 5.68. The van der Waals surface area contributed by atoms with E-state index in [1.807, 2.05) is 0 Å². The Morgan fingerprint density at radius 2 is 2.21 bits per heavy atom. The van der Waals surface area contributed by atoms with Crippen molar-refractivity contribution < 1.29 is 19.4 Å². The molecule has 1 saturated carbocycles. The van der Waals surface area contributed by atoms with Gasteiger partial charge in [0.05, 0.1) is 12.5 Å². The van der Waals surface area contributed by atoms with Crippen LogP contribution in [-0.2, 0) is 9.53 Å². The number of hydrogen-bond acceptors (Lipinski definition) is 3. The highest BCUT2D eigenvalue weighted by molar-refractivity contribution is 5.75. The Hall–Kier alpha value is -1.30. The van der Waals surface area contributed by atoms with Crippen LogP contribution in [0.3, 0.4) is 0 Å². The maximum Gasteiger partial charge on any atom is 0.317 e. The van der Waals surface area contributed by atoms with E-state index in [0.717, 1.165) is 25.7 Å². The van der Waals surface area contributed by atoms with E-state index in [9.17, 15) is 9.59 Å². The topological polar surface area (TPSA) is 78.9 Å². The summed E-state index contributed by atoms with van der Waals surface area (Å²) in [5, 5.41) is 11.8. The van der Waals surface area contributed by atoms with Gasteiger partial charge in [-0.15, -0.1) is 0 Å². The van der Waals surface area contributed by atoms with Crippen molar-refractivity contribution in [3.8, 4) is 0 Å². The number of likely N-dealkylation sites (tertiary alicyclic amines) is 1. The Labute approximate surface area is 113 Å². The van der Waals surface area contributed by atoms with E-state index in [2.05, 4.69) is 5.32 Å². The summed E-state index contributed by atoms with van der Waals surface area (Å²) >= 11 is 0.